The number of nitrogens with zero attached hydrogens (tertiary/aromatic N) is 2. The van der Waals surface area contributed by atoms with Gasteiger partial charge in [-0.25, -0.2) is 4.79 Å². The Morgan fingerprint density at radius 1 is 1.25 bits per heavy atom. The largest absolute Gasteiger partial charge is 0.455 e. The first-order valence-electron chi connectivity index (χ1n) is 6.66. The molecule has 0 aliphatic heterocycles. The molecule has 0 atom stereocenters. The molecular formula is C15H9ClF2N2O3S. The summed E-state index contributed by atoms with van der Waals surface area (Å²) in [5.41, 5.74) is 0.195. The number of halogens is 3. The summed E-state index contributed by atoms with van der Waals surface area (Å²) in [6, 6.07) is 9.81. The lowest BCUT2D eigenvalue weighted by molar-refractivity contribution is -0.0504. The summed E-state index contributed by atoms with van der Waals surface area (Å²) < 4.78 is 38.7. The highest BCUT2D eigenvalue weighted by Crippen LogP contribution is 2.28. The molecule has 0 bridgehead atoms. The maximum Gasteiger partial charge on any atom is 0.387 e. The van der Waals surface area contributed by atoms with Crippen LogP contribution >= 0.6 is 23.1 Å². The van der Waals surface area contributed by atoms with E-state index >= 15 is 0 Å². The van der Waals surface area contributed by atoms with Crippen molar-refractivity contribution in [2.45, 2.75) is 13.2 Å². The van der Waals surface area contributed by atoms with Crippen LogP contribution in [0.25, 0.3) is 10.8 Å². The van der Waals surface area contributed by atoms with E-state index in [1.54, 1.807) is 24.3 Å². The number of alkyl halides is 2. The van der Waals surface area contributed by atoms with Crippen molar-refractivity contribution in [3.8, 4) is 5.75 Å². The molecule has 124 valence electrons. The maximum absolute atomic E-state index is 12.6. The highest BCUT2D eigenvalue weighted by Gasteiger charge is 2.19. The molecule has 0 amide bonds. The van der Waals surface area contributed by atoms with Gasteiger partial charge in [0.1, 0.15) is 28.0 Å². The molecule has 0 spiro atoms. The van der Waals surface area contributed by atoms with E-state index in [-0.39, 0.29) is 17.9 Å². The summed E-state index contributed by atoms with van der Waals surface area (Å²) >= 11 is 6.78. The summed E-state index contributed by atoms with van der Waals surface area (Å²) in [4.78, 5) is 12.3. The smallest absolute Gasteiger partial charge is 0.387 e. The molecule has 0 aliphatic carbocycles. The predicted octanol–water partition coefficient (Wildman–Crippen LogP) is 4.30. The molecule has 1 aromatic heterocycles. The molecule has 0 saturated carbocycles. The Bertz CT molecular complexity index is 888. The minimum Gasteiger partial charge on any atom is -0.455 e. The molecule has 0 radical (unpaired) electrons. The summed E-state index contributed by atoms with van der Waals surface area (Å²) in [6.45, 7) is -3.27. The zero-order valence-corrected chi connectivity index (χ0v) is 13.5. The second-order valence-corrected chi connectivity index (χ2v) is 6.00. The van der Waals surface area contributed by atoms with Crippen molar-refractivity contribution in [1.82, 2.24) is 9.59 Å². The van der Waals surface area contributed by atoms with Crippen LogP contribution in [0.4, 0.5) is 8.78 Å². The zero-order valence-electron chi connectivity index (χ0n) is 11.9. The van der Waals surface area contributed by atoms with Crippen LogP contribution in [0.5, 0.6) is 5.75 Å². The normalized spacial score (nSPS) is 11.0. The number of esters is 1. The molecule has 24 heavy (non-hydrogen) atoms. The van der Waals surface area contributed by atoms with Gasteiger partial charge < -0.3 is 9.47 Å². The number of carbonyl (C=O) groups excluding carboxylic acids is 1. The molecule has 3 rings (SSSR count). The van der Waals surface area contributed by atoms with Crippen LogP contribution in [0.15, 0.2) is 36.4 Å². The van der Waals surface area contributed by atoms with Crippen LogP contribution in [-0.4, -0.2) is 22.2 Å². The second-order valence-electron chi connectivity index (χ2n) is 4.64. The molecule has 0 saturated heterocycles. The van der Waals surface area contributed by atoms with E-state index in [4.69, 9.17) is 16.3 Å². The number of hydrogen-bond donors (Lipinski definition) is 0. The lowest BCUT2D eigenvalue weighted by Gasteiger charge is -2.12. The number of rotatable bonds is 5. The van der Waals surface area contributed by atoms with E-state index in [0.717, 1.165) is 11.5 Å². The van der Waals surface area contributed by atoms with Gasteiger partial charge in [-0.2, -0.15) is 8.78 Å². The van der Waals surface area contributed by atoms with Gasteiger partial charge in [-0.1, -0.05) is 40.4 Å². The molecule has 0 aliphatic rings. The molecule has 1 heterocycles. The van der Waals surface area contributed by atoms with Crippen molar-refractivity contribution in [3.63, 3.8) is 0 Å². The third-order valence-corrected chi connectivity index (χ3v) is 4.12. The summed E-state index contributed by atoms with van der Waals surface area (Å²) in [7, 11) is 0. The second kappa shape index (κ2) is 7.06. The highest BCUT2D eigenvalue weighted by atomic mass is 35.5. The van der Waals surface area contributed by atoms with Gasteiger partial charge in [0.2, 0.25) is 0 Å². The van der Waals surface area contributed by atoms with Crippen molar-refractivity contribution in [2.75, 3.05) is 0 Å². The zero-order chi connectivity index (χ0) is 17.1. The van der Waals surface area contributed by atoms with E-state index in [1.165, 1.54) is 12.1 Å². The Labute approximate surface area is 143 Å². The average Bonchev–Trinajstić information content (AvgIpc) is 2.96. The number of ether oxygens (including phenoxy) is 2. The Hall–Kier alpha value is -2.32. The monoisotopic (exact) mass is 370 g/mol. The fraction of sp³-hybridized carbons (Fsp3) is 0.133. The standard InChI is InChI=1S/C15H9ClF2N2O3S/c16-13-11(19-20-24-13)7-22-14(21)10-5-8-3-1-2-4-9(8)6-12(10)23-15(17)18/h1-6,15H,7H2. The number of aromatic nitrogens is 2. The minimum absolute atomic E-state index is 0.103. The number of benzene rings is 2. The third-order valence-electron chi connectivity index (χ3n) is 3.13. The van der Waals surface area contributed by atoms with Crippen molar-refractivity contribution in [3.05, 3.63) is 52.0 Å². The van der Waals surface area contributed by atoms with E-state index in [9.17, 15) is 13.6 Å². The van der Waals surface area contributed by atoms with Gasteiger partial charge in [0.15, 0.2) is 0 Å². The Balaban J connectivity index is 1.90. The molecule has 0 unspecified atom stereocenters. The van der Waals surface area contributed by atoms with E-state index < -0.39 is 12.6 Å². The van der Waals surface area contributed by atoms with Crippen molar-refractivity contribution in [2.24, 2.45) is 0 Å². The first kappa shape index (κ1) is 16.5. The van der Waals surface area contributed by atoms with Crippen LogP contribution in [0.1, 0.15) is 16.1 Å². The number of carbonyl (C=O) groups is 1. The Morgan fingerprint density at radius 2 is 1.96 bits per heavy atom. The molecule has 9 heteroatoms. The van der Waals surface area contributed by atoms with Gasteiger partial charge in [-0.05, 0) is 22.9 Å². The van der Waals surface area contributed by atoms with Gasteiger partial charge in [-0.3, -0.25) is 0 Å². The fourth-order valence-corrected chi connectivity index (χ4v) is 2.67. The molecule has 3 aromatic rings. The van der Waals surface area contributed by atoms with Crippen molar-refractivity contribution >= 4 is 39.9 Å². The first-order valence-corrected chi connectivity index (χ1v) is 7.81. The van der Waals surface area contributed by atoms with Gasteiger partial charge in [-0.15, -0.1) is 5.10 Å². The van der Waals surface area contributed by atoms with Gasteiger partial charge in [0.05, 0.1) is 0 Å². The van der Waals surface area contributed by atoms with Crippen LogP contribution in [0.2, 0.25) is 4.34 Å². The molecular weight excluding hydrogens is 362 g/mol. The summed E-state index contributed by atoms with van der Waals surface area (Å²) in [5, 5.41) is 5.07. The highest BCUT2D eigenvalue weighted by molar-refractivity contribution is 7.10. The lowest BCUT2D eigenvalue weighted by atomic mass is 10.1. The molecule has 0 fully saturated rings. The Kier molecular flexibility index (Phi) is 4.86. The summed E-state index contributed by atoms with van der Waals surface area (Å²) in [6.07, 6.45) is 0. The average molecular weight is 371 g/mol. The fourth-order valence-electron chi connectivity index (χ4n) is 2.07. The minimum atomic E-state index is -3.06. The van der Waals surface area contributed by atoms with Crippen LogP contribution in [0.3, 0.4) is 0 Å². The SMILES string of the molecule is O=C(OCc1nnsc1Cl)c1cc2ccccc2cc1OC(F)F. The van der Waals surface area contributed by atoms with E-state index in [0.29, 0.717) is 20.8 Å². The van der Waals surface area contributed by atoms with Gasteiger partial charge in [0.25, 0.3) is 0 Å². The van der Waals surface area contributed by atoms with Gasteiger partial charge in [0, 0.05) is 11.5 Å². The van der Waals surface area contributed by atoms with Gasteiger partial charge >= 0.3 is 12.6 Å². The Morgan fingerprint density at radius 3 is 2.58 bits per heavy atom. The van der Waals surface area contributed by atoms with Crippen LogP contribution in [-0.2, 0) is 11.3 Å². The quantitative estimate of drug-likeness (QED) is 0.626. The van der Waals surface area contributed by atoms with Crippen molar-refractivity contribution < 1.29 is 23.0 Å². The van der Waals surface area contributed by atoms with E-state index in [2.05, 4.69) is 14.3 Å². The lowest BCUT2D eigenvalue weighted by Crippen LogP contribution is -2.11. The number of hydrogen-bond acceptors (Lipinski definition) is 6. The molecule has 2 aromatic carbocycles. The summed E-state index contributed by atoms with van der Waals surface area (Å²) in [5.74, 6) is -1.07. The maximum atomic E-state index is 12.6. The van der Waals surface area contributed by atoms with E-state index in [1.807, 2.05) is 0 Å². The predicted molar refractivity (Wildman–Crippen MR) is 84.6 cm³/mol. The van der Waals surface area contributed by atoms with Crippen LogP contribution in [0, 0.1) is 0 Å². The van der Waals surface area contributed by atoms with Crippen molar-refractivity contribution in [1.29, 1.82) is 0 Å². The topological polar surface area (TPSA) is 61.3 Å². The third kappa shape index (κ3) is 3.60. The first-order chi connectivity index (χ1) is 11.5. The number of fused-ring (bicyclic) bond motifs is 1. The van der Waals surface area contributed by atoms with Crippen LogP contribution < -0.4 is 4.74 Å². The molecule has 5 nitrogen and oxygen atoms in total. The molecule has 0 N–H and O–H groups in total.